The summed E-state index contributed by atoms with van der Waals surface area (Å²) in [6.45, 7) is 0. The fourth-order valence-corrected chi connectivity index (χ4v) is 3.45. The van der Waals surface area contributed by atoms with Crippen LogP contribution in [0.5, 0.6) is 0 Å². The first-order valence-corrected chi connectivity index (χ1v) is 6.94. The molecule has 2 heterocycles. The number of hydrogen-bond acceptors (Lipinski definition) is 5. The Kier molecular flexibility index (Phi) is 3.01. The lowest BCUT2D eigenvalue weighted by Crippen LogP contribution is -2.20. The first-order valence-electron chi connectivity index (χ1n) is 5.11. The van der Waals surface area contributed by atoms with Crippen LogP contribution in [0.1, 0.15) is 16.8 Å². The van der Waals surface area contributed by atoms with Crippen LogP contribution in [0.15, 0.2) is 18.5 Å². The Bertz CT molecular complexity index is 541. The largest absolute Gasteiger partial charge is 0.478 e. The summed E-state index contributed by atoms with van der Waals surface area (Å²) in [7, 11) is -2.94. The monoisotopic (exact) mass is 256 g/mol. The van der Waals surface area contributed by atoms with Crippen LogP contribution in [0.2, 0.25) is 0 Å². The highest BCUT2D eigenvalue weighted by Gasteiger charge is 2.27. The number of rotatable bonds is 3. The van der Waals surface area contributed by atoms with Crippen LogP contribution in [-0.4, -0.2) is 42.0 Å². The topological polar surface area (TPSA) is 96.4 Å². The number of sulfone groups is 1. The molecule has 6 nitrogen and oxygen atoms in total. The van der Waals surface area contributed by atoms with E-state index in [2.05, 4.69) is 10.3 Å². The highest BCUT2D eigenvalue weighted by atomic mass is 32.2. The van der Waals surface area contributed by atoms with E-state index in [4.69, 9.17) is 5.11 Å². The van der Waals surface area contributed by atoms with E-state index in [9.17, 15) is 13.2 Å². The van der Waals surface area contributed by atoms with E-state index in [1.807, 2.05) is 0 Å². The Morgan fingerprint density at radius 1 is 1.47 bits per heavy atom. The van der Waals surface area contributed by atoms with E-state index in [1.54, 1.807) is 0 Å². The van der Waals surface area contributed by atoms with Gasteiger partial charge >= 0.3 is 5.97 Å². The Hall–Kier alpha value is -1.63. The summed E-state index contributed by atoms with van der Waals surface area (Å²) in [6, 6.07) is 1.28. The number of aromatic carboxylic acids is 1. The highest BCUT2D eigenvalue weighted by Crippen LogP contribution is 2.17. The smallest absolute Gasteiger partial charge is 0.337 e. The molecule has 1 atom stereocenters. The van der Waals surface area contributed by atoms with Gasteiger partial charge in [0.15, 0.2) is 9.84 Å². The number of pyridine rings is 1. The molecular formula is C10H12N2O4S. The second-order valence-electron chi connectivity index (χ2n) is 4.01. The third-order valence-corrected chi connectivity index (χ3v) is 4.36. The maximum atomic E-state index is 11.3. The summed E-state index contributed by atoms with van der Waals surface area (Å²) in [5.41, 5.74) is 0.614. The van der Waals surface area contributed by atoms with Gasteiger partial charge in [0.25, 0.3) is 0 Å². The van der Waals surface area contributed by atoms with Crippen molar-refractivity contribution in [3.8, 4) is 0 Å². The molecule has 1 unspecified atom stereocenters. The first-order chi connectivity index (χ1) is 7.96. The van der Waals surface area contributed by atoms with E-state index >= 15 is 0 Å². The average Bonchev–Trinajstić information content (AvgIpc) is 2.58. The quantitative estimate of drug-likeness (QED) is 0.811. The molecule has 0 bridgehead atoms. The SMILES string of the molecule is O=C(O)c1cncc(NC2CCS(=O)(=O)C2)c1. The zero-order chi connectivity index (χ0) is 12.5. The van der Waals surface area contributed by atoms with Crippen molar-refractivity contribution in [3.63, 3.8) is 0 Å². The van der Waals surface area contributed by atoms with E-state index < -0.39 is 15.8 Å². The maximum absolute atomic E-state index is 11.3. The number of aromatic nitrogens is 1. The van der Waals surface area contributed by atoms with Crippen molar-refractivity contribution in [1.82, 2.24) is 4.98 Å². The van der Waals surface area contributed by atoms with Crippen LogP contribution in [-0.2, 0) is 9.84 Å². The molecular weight excluding hydrogens is 244 g/mol. The molecule has 2 rings (SSSR count). The second-order valence-corrected chi connectivity index (χ2v) is 6.24. The number of anilines is 1. The van der Waals surface area contributed by atoms with Crippen LogP contribution in [0.25, 0.3) is 0 Å². The summed E-state index contributed by atoms with van der Waals surface area (Å²) in [5, 5.41) is 11.8. The molecule has 1 fully saturated rings. The Balaban J connectivity index is 2.09. The molecule has 0 radical (unpaired) electrons. The molecule has 0 amide bonds. The number of nitrogens with zero attached hydrogens (tertiary/aromatic N) is 1. The standard InChI is InChI=1S/C10H12N2O4S/c13-10(14)7-3-9(5-11-4-7)12-8-1-2-17(15,16)6-8/h3-5,8,12H,1-2,6H2,(H,13,14). The van der Waals surface area contributed by atoms with Crippen molar-refractivity contribution in [2.45, 2.75) is 12.5 Å². The van der Waals surface area contributed by atoms with Crippen LogP contribution in [0.4, 0.5) is 5.69 Å². The predicted molar refractivity (Wildman–Crippen MR) is 61.9 cm³/mol. The fraction of sp³-hybridized carbons (Fsp3) is 0.400. The van der Waals surface area contributed by atoms with E-state index in [1.165, 1.54) is 18.5 Å². The summed E-state index contributed by atoms with van der Waals surface area (Å²) in [5.74, 6) is -0.790. The molecule has 1 aromatic rings. The van der Waals surface area contributed by atoms with Crippen LogP contribution in [0, 0.1) is 0 Å². The Morgan fingerprint density at radius 3 is 2.82 bits per heavy atom. The molecule has 17 heavy (non-hydrogen) atoms. The van der Waals surface area contributed by atoms with E-state index in [0.29, 0.717) is 12.1 Å². The van der Waals surface area contributed by atoms with Crippen molar-refractivity contribution in [2.75, 3.05) is 16.8 Å². The number of carboxylic acids is 1. The lowest BCUT2D eigenvalue weighted by molar-refractivity contribution is 0.0696. The number of hydrogen-bond donors (Lipinski definition) is 2. The summed E-state index contributed by atoms with van der Waals surface area (Å²) in [6.07, 6.45) is 3.27. The zero-order valence-electron chi connectivity index (χ0n) is 8.96. The molecule has 1 aliphatic heterocycles. The van der Waals surface area contributed by atoms with Gasteiger partial charge in [0.1, 0.15) is 0 Å². The van der Waals surface area contributed by atoms with Crippen LogP contribution in [0.3, 0.4) is 0 Å². The molecule has 1 saturated heterocycles. The minimum absolute atomic E-state index is 0.0795. The minimum Gasteiger partial charge on any atom is -0.478 e. The van der Waals surface area contributed by atoms with E-state index in [-0.39, 0.29) is 23.1 Å². The zero-order valence-corrected chi connectivity index (χ0v) is 9.77. The molecule has 0 aliphatic carbocycles. The highest BCUT2D eigenvalue weighted by molar-refractivity contribution is 7.91. The van der Waals surface area contributed by atoms with Gasteiger partial charge in [-0.15, -0.1) is 0 Å². The van der Waals surface area contributed by atoms with Crippen molar-refractivity contribution in [1.29, 1.82) is 0 Å². The Labute approximate surface area is 98.6 Å². The van der Waals surface area contributed by atoms with Crippen LogP contribution >= 0.6 is 0 Å². The first kappa shape index (κ1) is 11.8. The van der Waals surface area contributed by atoms with Gasteiger partial charge in [-0.05, 0) is 12.5 Å². The van der Waals surface area contributed by atoms with Crippen molar-refractivity contribution >= 4 is 21.5 Å². The normalized spacial score (nSPS) is 22.2. The van der Waals surface area contributed by atoms with Gasteiger partial charge in [-0.3, -0.25) is 4.98 Å². The third kappa shape index (κ3) is 2.94. The van der Waals surface area contributed by atoms with Gasteiger partial charge in [0, 0.05) is 18.4 Å². The summed E-state index contributed by atoms with van der Waals surface area (Å²) < 4.78 is 22.5. The average molecular weight is 256 g/mol. The molecule has 0 saturated carbocycles. The molecule has 1 aromatic heterocycles. The maximum Gasteiger partial charge on any atom is 0.337 e. The van der Waals surface area contributed by atoms with Gasteiger partial charge in [-0.25, -0.2) is 13.2 Å². The lowest BCUT2D eigenvalue weighted by Gasteiger charge is -2.11. The molecule has 1 aliphatic rings. The van der Waals surface area contributed by atoms with Crippen molar-refractivity contribution < 1.29 is 18.3 Å². The van der Waals surface area contributed by atoms with Crippen molar-refractivity contribution in [3.05, 3.63) is 24.0 Å². The van der Waals surface area contributed by atoms with Crippen molar-refractivity contribution in [2.24, 2.45) is 0 Å². The second kappa shape index (κ2) is 4.33. The van der Waals surface area contributed by atoms with Gasteiger partial charge < -0.3 is 10.4 Å². The molecule has 0 aromatic carbocycles. The molecule has 92 valence electrons. The molecule has 7 heteroatoms. The van der Waals surface area contributed by atoms with Gasteiger partial charge in [0.2, 0.25) is 0 Å². The molecule has 0 spiro atoms. The third-order valence-electron chi connectivity index (χ3n) is 2.59. The van der Waals surface area contributed by atoms with Crippen LogP contribution < -0.4 is 5.32 Å². The Morgan fingerprint density at radius 2 is 2.24 bits per heavy atom. The van der Waals surface area contributed by atoms with E-state index in [0.717, 1.165) is 0 Å². The lowest BCUT2D eigenvalue weighted by atomic mass is 10.2. The van der Waals surface area contributed by atoms with Gasteiger partial charge in [0.05, 0.1) is 22.8 Å². The van der Waals surface area contributed by atoms with Gasteiger partial charge in [-0.2, -0.15) is 0 Å². The number of carboxylic acid groups (broad SMARTS) is 1. The summed E-state index contributed by atoms with van der Waals surface area (Å²) in [4.78, 5) is 14.5. The van der Waals surface area contributed by atoms with Gasteiger partial charge in [-0.1, -0.05) is 0 Å². The fourth-order valence-electron chi connectivity index (χ4n) is 1.78. The minimum atomic E-state index is -2.94. The molecule has 2 N–H and O–H groups in total. The predicted octanol–water partition coefficient (Wildman–Crippen LogP) is 0.379. The number of nitrogens with one attached hydrogen (secondary N) is 1. The number of carbonyl (C=O) groups is 1. The summed E-state index contributed by atoms with van der Waals surface area (Å²) >= 11 is 0.